The molecule has 1 atom stereocenters. The number of likely N-dealkylation sites (tertiary alicyclic amines) is 1. The SMILES string of the molecule is CCC(CC)CN1CCC[C@@H](c2nccn2Cc2cscn2)C1. The fourth-order valence-electron chi connectivity index (χ4n) is 3.65. The molecule has 4 nitrogen and oxygen atoms in total. The Hall–Kier alpha value is -1.20. The molecule has 0 bridgehead atoms. The molecule has 0 saturated carbocycles. The second-order valence-electron chi connectivity index (χ2n) is 6.67. The van der Waals surface area contributed by atoms with E-state index in [1.54, 1.807) is 11.3 Å². The van der Waals surface area contributed by atoms with E-state index < -0.39 is 0 Å². The molecule has 1 aliphatic heterocycles. The average molecular weight is 333 g/mol. The minimum atomic E-state index is 0.562. The van der Waals surface area contributed by atoms with Gasteiger partial charge in [-0.15, -0.1) is 11.3 Å². The number of aromatic nitrogens is 3. The van der Waals surface area contributed by atoms with Gasteiger partial charge < -0.3 is 9.47 Å². The number of hydrogen-bond donors (Lipinski definition) is 0. The average Bonchev–Trinajstić information content (AvgIpc) is 3.25. The molecule has 23 heavy (non-hydrogen) atoms. The minimum absolute atomic E-state index is 0.562. The third-order valence-corrected chi connectivity index (χ3v) is 5.74. The van der Waals surface area contributed by atoms with E-state index in [1.165, 1.54) is 44.6 Å². The molecular weight excluding hydrogens is 304 g/mol. The molecule has 0 spiro atoms. The second-order valence-corrected chi connectivity index (χ2v) is 7.39. The maximum atomic E-state index is 4.69. The van der Waals surface area contributed by atoms with E-state index in [2.05, 4.69) is 44.9 Å². The predicted octanol–water partition coefficient (Wildman–Crippen LogP) is 4.00. The van der Waals surface area contributed by atoms with Crippen molar-refractivity contribution in [1.82, 2.24) is 19.4 Å². The molecule has 1 saturated heterocycles. The maximum absolute atomic E-state index is 4.69. The van der Waals surface area contributed by atoms with Gasteiger partial charge in [-0.2, -0.15) is 0 Å². The van der Waals surface area contributed by atoms with Crippen molar-refractivity contribution < 1.29 is 0 Å². The van der Waals surface area contributed by atoms with Crippen LogP contribution in [0.1, 0.15) is 57.0 Å². The Kier molecular flexibility index (Phi) is 5.84. The van der Waals surface area contributed by atoms with Crippen LogP contribution in [0, 0.1) is 5.92 Å². The minimum Gasteiger partial charge on any atom is -0.329 e. The lowest BCUT2D eigenvalue weighted by Crippen LogP contribution is -2.38. The predicted molar refractivity (Wildman–Crippen MR) is 95.9 cm³/mol. The van der Waals surface area contributed by atoms with Gasteiger partial charge >= 0.3 is 0 Å². The van der Waals surface area contributed by atoms with Crippen molar-refractivity contribution in [3.05, 3.63) is 34.8 Å². The van der Waals surface area contributed by atoms with Crippen LogP contribution in [0.5, 0.6) is 0 Å². The molecule has 0 N–H and O–H groups in total. The Morgan fingerprint density at radius 3 is 2.91 bits per heavy atom. The summed E-state index contributed by atoms with van der Waals surface area (Å²) in [5.74, 6) is 2.64. The lowest BCUT2D eigenvalue weighted by atomic mass is 9.95. The van der Waals surface area contributed by atoms with Crippen LogP contribution >= 0.6 is 11.3 Å². The topological polar surface area (TPSA) is 34.0 Å². The highest BCUT2D eigenvalue weighted by atomic mass is 32.1. The molecule has 1 fully saturated rings. The lowest BCUT2D eigenvalue weighted by molar-refractivity contribution is 0.170. The van der Waals surface area contributed by atoms with Gasteiger partial charge in [0.15, 0.2) is 0 Å². The Bertz CT molecular complexity index is 574. The first-order valence-electron chi connectivity index (χ1n) is 8.90. The number of rotatable bonds is 7. The van der Waals surface area contributed by atoms with E-state index in [4.69, 9.17) is 0 Å². The molecule has 0 amide bonds. The normalized spacial score (nSPS) is 19.5. The van der Waals surface area contributed by atoms with E-state index in [1.807, 2.05) is 11.7 Å². The first kappa shape index (κ1) is 16.7. The summed E-state index contributed by atoms with van der Waals surface area (Å²) >= 11 is 1.66. The summed E-state index contributed by atoms with van der Waals surface area (Å²) in [5, 5.41) is 2.13. The highest BCUT2D eigenvalue weighted by Gasteiger charge is 2.25. The van der Waals surface area contributed by atoms with Crippen molar-refractivity contribution >= 4 is 11.3 Å². The summed E-state index contributed by atoms with van der Waals surface area (Å²) in [6.07, 6.45) is 9.17. The summed E-state index contributed by atoms with van der Waals surface area (Å²) in [4.78, 5) is 11.8. The lowest BCUT2D eigenvalue weighted by Gasteiger charge is -2.34. The van der Waals surface area contributed by atoms with Crippen molar-refractivity contribution in [1.29, 1.82) is 0 Å². The van der Waals surface area contributed by atoms with Crippen molar-refractivity contribution in [3.63, 3.8) is 0 Å². The molecule has 2 aromatic heterocycles. The van der Waals surface area contributed by atoms with Gasteiger partial charge in [0.05, 0.1) is 17.7 Å². The molecule has 2 aromatic rings. The van der Waals surface area contributed by atoms with Crippen LogP contribution in [-0.4, -0.2) is 39.1 Å². The molecule has 0 unspecified atom stereocenters. The maximum Gasteiger partial charge on any atom is 0.113 e. The first-order chi connectivity index (χ1) is 11.3. The summed E-state index contributed by atoms with van der Waals surface area (Å²) in [5.41, 5.74) is 3.04. The van der Waals surface area contributed by atoms with Gasteiger partial charge in [0.25, 0.3) is 0 Å². The van der Waals surface area contributed by atoms with Gasteiger partial charge in [-0.25, -0.2) is 9.97 Å². The first-order valence-corrected chi connectivity index (χ1v) is 9.84. The largest absolute Gasteiger partial charge is 0.329 e. The number of nitrogens with zero attached hydrogens (tertiary/aromatic N) is 4. The van der Waals surface area contributed by atoms with Crippen molar-refractivity contribution in [2.45, 2.75) is 52.0 Å². The van der Waals surface area contributed by atoms with E-state index in [0.29, 0.717) is 5.92 Å². The van der Waals surface area contributed by atoms with Gasteiger partial charge in [-0.1, -0.05) is 26.7 Å². The zero-order chi connectivity index (χ0) is 16.1. The van der Waals surface area contributed by atoms with Crippen LogP contribution < -0.4 is 0 Å². The molecule has 3 heterocycles. The Morgan fingerprint density at radius 2 is 2.17 bits per heavy atom. The summed E-state index contributed by atoms with van der Waals surface area (Å²) in [7, 11) is 0. The van der Waals surface area contributed by atoms with Crippen LogP contribution in [0.25, 0.3) is 0 Å². The number of imidazole rings is 1. The molecule has 0 aromatic carbocycles. The van der Waals surface area contributed by atoms with Crippen LogP contribution in [0.4, 0.5) is 0 Å². The summed E-state index contributed by atoms with van der Waals surface area (Å²) in [6, 6.07) is 0. The molecule has 0 aliphatic carbocycles. The number of hydrogen-bond acceptors (Lipinski definition) is 4. The van der Waals surface area contributed by atoms with Crippen LogP contribution in [0.2, 0.25) is 0 Å². The Morgan fingerprint density at radius 1 is 1.30 bits per heavy atom. The monoisotopic (exact) mass is 332 g/mol. The van der Waals surface area contributed by atoms with E-state index in [-0.39, 0.29) is 0 Å². The summed E-state index contributed by atoms with van der Waals surface area (Å²) in [6.45, 7) is 9.13. The third kappa shape index (κ3) is 4.21. The fraction of sp³-hybridized carbons (Fsp3) is 0.667. The van der Waals surface area contributed by atoms with E-state index in [9.17, 15) is 0 Å². The van der Waals surface area contributed by atoms with Gasteiger partial charge in [0.1, 0.15) is 5.82 Å². The van der Waals surface area contributed by atoms with Crippen molar-refractivity contribution in [2.75, 3.05) is 19.6 Å². The quantitative estimate of drug-likeness (QED) is 0.768. The highest BCUT2D eigenvalue weighted by molar-refractivity contribution is 7.07. The number of thiazole rings is 1. The fourth-order valence-corrected chi connectivity index (χ4v) is 4.20. The highest BCUT2D eigenvalue weighted by Crippen LogP contribution is 2.27. The van der Waals surface area contributed by atoms with Gasteiger partial charge in [0.2, 0.25) is 0 Å². The van der Waals surface area contributed by atoms with Crippen LogP contribution in [0.15, 0.2) is 23.3 Å². The standard InChI is InChI=1S/C18H28N4S/c1-3-15(4-2)10-21-8-5-6-16(11-21)18-19-7-9-22(18)12-17-13-23-14-20-17/h7,9,13-16H,3-6,8,10-12H2,1-2H3/t16-/m1/s1. The third-order valence-electron chi connectivity index (χ3n) is 5.11. The molecule has 5 heteroatoms. The Balaban J connectivity index is 1.66. The summed E-state index contributed by atoms with van der Waals surface area (Å²) < 4.78 is 2.29. The van der Waals surface area contributed by atoms with Crippen LogP contribution in [-0.2, 0) is 6.54 Å². The molecule has 126 valence electrons. The molecule has 0 radical (unpaired) electrons. The molecular formula is C18H28N4S. The zero-order valence-corrected chi connectivity index (χ0v) is 15.1. The van der Waals surface area contributed by atoms with Crippen molar-refractivity contribution in [2.24, 2.45) is 5.92 Å². The van der Waals surface area contributed by atoms with Gasteiger partial charge in [-0.3, -0.25) is 0 Å². The van der Waals surface area contributed by atoms with Gasteiger partial charge in [0, 0.05) is 36.8 Å². The van der Waals surface area contributed by atoms with E-state index in [0.717, 1.165) is 24.7 Å². The molecule has 3 rings (SSSR count). The zero-order valence-electron chi connectivity index (χ0n) is 14.3. The van der Waals surface area contributed by atoms with Crippen LogP contribution in [0.3, 0.4) is 0 Å². The number of piperidine rings is 1. The smallest absolute Gasteiger partial charge is 0.113 e. The second kappa shape index (κ2) is 8.06. The van der Waals surface area contributed by atoms with E-state index >= 15 is 0 Å². The molecule has 1 aliphatic rings. The van der Waals surface area contributed by atoms with Gasteiger partial charge in [-0.05, 0) is 25.3 Å². The Labute approximate surface area is 143 Å². The van der Waals surface area contributed by atoms with Crippen molar-refractivity contribution in [3.8, 4) is 0 Å².